The van der Waals surface area contributed by atoms with E-state index in [1.165, 1.54) is 0 Å². The van der Waals surface area contributed by atoms with Crippen LogP contribution in [0.25, 0.3) is 5.57 Å². The first-order valence-corrected chi connectivity index (χ1v) is 14.4. The second kappa shape index (κ2) is 10.6. The summed E-state index contributed by atoms with van der Waals surface area (Å²) in [5.41, 5.74) is 2.79. The first-order valence-electron chi connectivity index (χ1n) is 12.1. The van der Waals surface area contributed by atoms with E-state index >= 15 is 0 Å². The minimum Gasteiger partial charge on any atom is -0.497 e. The van der Waals surface area contributed by atoms with Gasteiger partial charge in [-0.1, -0.05) is 61.3 Å². The highest BCUT2D eigenvalue weighted by Crippen LogP contribution is 2.56. The van der Waals surface area contributed by atoms with Gasteiger partial charge in [-0.3, -0.25) is 4.79 Å². The fourth-order valence-electron chi connectivity index (χ4n) is 6.44. The molecular formula is C27H44O4Si. The van der Waals surface area contributed by atoms with Crippen LogP contribution in [0.5, 0.6) is 11.5 Å². The summed E-state index contributed by atoms with van der Waals surface area (Å²) in [5, 5.41) is 1.09. The van der Waals surface area contributed by atoms with E-state index in [0.717, 1.165) is 47.1 Å². The number of hydrogen-bond donors (Lipinski definition) is 0. The maximum Gasteiger partial charge on any atom is 0.158 e. The second-order valence-electron chi connectivity index (χ2n) is 10.2. The van der Waals surface area contributed by atoms with Gasteiger partial charge in [-0.25, -0.2) is 0 Å². The van der Waals surface area contributed by atoms with Gasteiger partial charge in [0.25, 0.3) is 0 Å². The molecule has 0 radical (unpaired) electrons. The second-order valence-corrected chi connectivity index (χ2v) is 16.0. The van der Waals surface area contributed by atoms with Gasteiger partial charge in [-0.2, -0.15) is 0 Å². The lowest BCUT2D eigenvalue weighted by Gasteiger charge is -2.45. The Morgan fingerprint density at radius 2 is 1.41 bits per heavy atom. The fraction of sp³-hybridized carbons (Fsp3) is 0.667. The quantitative estimate of drug-likeness (QED) is 0.327. The van der Waals surface area contributed by atoms with Gasteiger partial charge in [0.15, 0.2) is 5.78 Å². The van der Waals surface area contributed by atoms with Gasteiger partial charge < -0.3 is 14.2 Å². The molecule has 0 saturated carbocycles. The molecule has 0 N–H and O–H groups in total. The van der Waals surface area contributed by atoms with Gasteiger partial charge in [-0.05, 0) is 51.5 Å². The number of allylic oxidation sites excluding steroid dienone is 1. The van der Waals surface area contributed by atoms with Crippen LogP contribution in [0, 0.1) is 0 Å². The summed E-state index contributed by atoms with van der Waals surface area (Å²) in [6.07, 6.45) is 3.33. The molecule has 1 aromatic carbocycles. The van der Waals surface area contributed by atoms with Crippen molar-refractivity contribution >= 4 is 19.4 Å². The van der Waals surface area contributed by atoms with Crippen molar-refractivity contribution < 1.29 is 19.0 Å². The van der Waals surface area contributed by atoms with Crippen LogP contribution in [0.2, 0.25) is 16.6 Å². The van der Waals surface area contributed by atoms with Crippen LogP contribution >= 0.6 is 0 Å². The number of carbonyl (C=O) groups is 1. The fourth-order valence-corrected chi connectivity index (χ4v) is 13.5. The number of ketones is 1. The molecule has 1 atom stereocenters. The van der Waals surface area contributed by atoms with E-state index in [9.17, 15) is 4.79 Å². The van der Waals surface area contributed by atoms with E-state index < -0.39 is 13.7 Å². The van der Waals surface area contributed by atoms with Crippen molar-refractivity contribution in [2.75, 3.05) is 21.3 Å². The van der Waals surface area contributed by atoms with E-state index in [2.05, 4.69) is 60.6 Å². The molecule has 1 aliphatic carbocycles. The van der Waals surface area contributed by atoms with Crippen molar-refractivity contribution in [3.8, 4) is 11.5 Å². The number of ether oxygens (including phenoxy) is 3. The molecule has 0 heterocycles. The monoisotopic (exact) mass is 460 g/mol. The molecule has 0 aliphatic heterocycles. The number of carbonyl (C=O) groups excluding carboxylic acids is 1. The molecule has 0 saturated heterocycles. The molecule has 5 heteroatoms. The average molecular weight is 461 g/mol. The van der Waals surface area contributed by atoms with Gasteiger partial charge >= 0.3 is 0 Å². The number of benzene rings is 1. The summed E-state index contributed by atoms with van der Waals surface area (Å²) in [4.78, 5) is 14.0. The predicted molar refractivity (Wildman–Crippen MR) is 136 cm³/mol. The third kappa shape index (κ3) is 4.43. The van der Waals surface area contributed by atoms with E-state index in [1.54, 1.807) is 21.3 Å². The molecular weight excluding hydrogens is 416 g/mol. The highest BCUT2D eigenvalue weighted by atomic mass is 28.3. The Bertz CT molecular complexity index is 796. The smallest absolute Gasteiger partial charge is 0.158 e. The number of rotatable bonds is 11. The van der Waals surface area contributed by atoms with Crippen LogP contribution in [0.15, 0.2) is 23.4 Å². The highest BCUT2D eigenvalue weighted by molar-refractivity contribution is 6.94. The molecule has 180 valence electrons. The summed E-state index contributed by atoms with van der Waals surface area (Å²) in [6.45, 7) is 16.1. The lowest BCUT2D eigenvalue weighted by atomic mass is 9.85. The number of unbranched alkanes of at least 4 members (excludes halogenated alkanes) is 1. The number of hydrogen-bond acceptors (Lipinski definition) is 4. The Hall–Kier alpha value is -1.59. The summed E-state index contributed by atoms with van der Waals surface area (Å²) in [6, 6.07) is 5.99. The Morgan fingerprint density at radius 1 is 0.906 bits per heavy atom. The van der Waals surface area contributed by atoms with Gasteiger partial charge in [0.2, 0.25) is 0 Å². The zero-order valence-electron chi connectivity index (χ0n) is 21.9. The van der Waals surface area contributed by atoms with Crippen molar-refractivity contribution in [2.24, 2.45) is 0 Å². The third-order valence-corrected chi connectivity index (χ3v) is 14.8. The van der Waals surface area contributed by atoms with Crippen LogP contribution in [-0.4, -0.2) is 40.8 Å². The topological polar surface area (TPSA) is 44.8 Å². The minimum atomic E-state index is -2.23. The maximum absolute atomic E-state index is 14.0. The molecule has 0 unspecified atom stereocenters. The molecule has 0 fully saturated rings. The van der Waals surface area contributed by atoms with Crippen molar-refractivity contribution in [3.05, 3.63) is 29.0 Å². The van der Waals surface area contributed by atoms with Crippen LogP contribution in [0.3, 0.4) is 0 Å². The molecule has 1 aliphatic rings. The largest absolute Gasteiger partial charge is 0.497 e. The van der Waals surface area contributed by atoms with Crippen molar-refractivity contribution in [1.29, 1.82) is 0 Å². The van der Waals surface area contributed by atoms with E-state index in [0.29, 0.717) is 23.0 Å². The van der Waals surface area contributed by atoms with Crippen LogP contribution in [0.1, 0.15) is 79.7 Å². The van der Waals surface area contributed by atoms with Gasteiger partial charge in [0.1, 0.15) is 17.1 Å². The normalized spacial score (nSPS) is 19.6. The highest BCUT2D eigenvalue weighted by Gasteiger charge is 2.56. The zero-order valence-corrected chi connectivity index (χ0v) is 22.9. The van der Waals surface area contributed by atoms with E-state index in [1.807, 2.05) is 6.07 Å². The number of Topliss-reactive ketones (excluding diaryl/α,β-unsaturated/α-hetero) is 1. The predicted octanol–water partition coefficient (Wildman–Crippen LogP) is 7.22. The molecule has 4 nitrogen and oxygen atoms in total. The van der Waals surface area contributed by atoms with Gasteiger partial charge in [-0.15, -0.1) is 0 Å². The Balaban J connectivity index is 3.04. The van der Waals surface area contributed by atoms with Gasteiger partial charge in [0.05, 0.1) is 22.3 Å². The molecule has 0 spiro atoms. The van der Waals surface area contributed by atoms with E-state index in [-0.39, 0.29) is 5.78 Å². The minimum absolute atomic E-state index is 0.280. The molecule has 2 rings (SSSR count). The molecule has 0 bridgehead atoms. The standard InChI is InChI=1S/C27H44O4Si/c1-11-12-13-27(31-10)17-24(28)26(32(18(2)3,19(4)5)20(6)7)25(27)21-14-22(29-8)16-23(15-21)30-9/h14-16,18-20H,11-13,17H2,1-10H3/t27-/m0/s1. The number of methoxy groups -OCH3 is 3. The lowest BCUT2D eigenvalue weighted by Crippen LogP contribution is -2.48. The van der Waals surface area contributed by atoms with Gasteiger partial charge in [0, 0.05) is 19.6 Å². The van der Waals surface area contributed by atoms with Crippen LogP contribution < -0.4 is 9.47 Å². The summed E-state index contributed by atoms with van der Waals surface area (Å²) < 4.78 is 17.5. The zero-order chi connectivity index (χ0) is 24.3. The Morgan fingerprint density at radius 3 is 1.78 bits per heavy atom. The molecule has 1 aromatic rings. The molecule has 0 aromatic heterocycles. The first-order chi connectivity index (χ1) is 15.0. The van der Waals surface area contributed by atoms with Crippen LogP contribution in [-0.2, 0) is 9.53 Å². The summed E-state index contributed by atoms with van der Waals surface area (Å²) in [5.74, 6) is 1.75. The summed E-state index contributed by atoms with van der Waals surface area (Å²) in [7, 11) is 2.88. The Kier molecular flexibility index (Phi) is 8.80. The first kappa shape index (κ1) is 26.7. The SMILES string of the molecule is CCCC[C@]1(OC)CC(=O)C([Si](C(C)C)(C(C)C)C(C)C)=C1c1cc(OC)cc(OC)c1. The van der Waals surface area contributed by atoms with E-state index in [4.69, 9.17) is 14.2 Å². The van der Waals surface area contributed by atoms with Crippen molar-refractivity contribution in [3.63, 3.8) is 0 Å². The third-order valence-electron chi connectivity index (χ3n) is 7.69. The summed E-state index contributed by atoms with van der Waals surface area (Å²) >= 11 is 0. The van der Waals surface area contributed by atoms with Crippen molar-refractivity contribution in [2.45, 2.75) is 96.4 Å². The van der Waals surface area contributed by atoms with Crippen LogP contribution in [0.4, 0.5) is 0 Å². The Labute approximate surface area is 196 Å². The lowest BCUT2D eigenvalue weighted by molar-refractivity contribution is -0.117. The van der Waals surface area contributed by atoms with Crippen molar-refractivity contribution in [1.82, 2.24) is 0 Å². The molecule has 0 amide bonds. The maximum atomic E-state index is 14.0. The molecule has 32 heavy (non-hydrogen) atoms. The average Bonchev–Trinajstić information content (AvgIpc) is 3.04.